The fraction of sp³-hybridized carbons (Fsp3) is 0.250. The van der Waals surface area contributed by atoms with Crippen molar-refractivity contribution in [1.82, 2.24) is 0 Å². The third-order valence-corrected chi connectivity index (χ3v) is 3.47. The van der Waals surface area contributed by atoms with E-state index in [2.05, 4.69) is 46.9 Å². The summed E-state index contributed by atoms with van der Waals surface area (Å²) in [5, 5.41) is 0. The first kappa shape index (κ1) is 12.0. The maximum absolute atomic E-state index is 5.56. The first-order valence-electron chi connectivity index (χ1n) is 4.71. The van der Waals surface area contributed by atoms with Gasteiger partial charge in [-0.15, -0.1) is 0 Å². The van der Waals surface area contributed by atoms with Gasteiger partial charge in [-0.25, -0.2) is 0 Å². The van der Waals surface area contributed by atoms with Crippen LogP contribution in [0.3, 0.4) is 0 Å². The normalized spacial score (nSPS) is 12.4. The fourth-order valence-electron chi connectivity index (χ4n) is 1.47. The zero-order chi connectivity index (χ0) is 11.4. The Labute approximate surface area is 99.0 Å². The van der Waals surface area contributed by atoms with Crippen LogP contribution in [0.25, 0.3) is 5.57 Å². The number of aliphatic imine (C=N–C) groups is 1. The van der Waals surface area contributed by atoms with Crippen molar-refractivity contribution < 1.29 is 0 Å². The van der Waals surface area contributed by atoms with E-state index in [1.807, 2.05) is 0 Å². The molecule has 2 nitrogen and oxygen atoms in total. The second kappa shape index (κ2) is 5.12. The maximum atomic E-state index is 5.56. The van der Waals surface area contributed by atoms with Gasteiger partial charge in [0, 0.05) is 29.5 Å². The van der Waals surface area contributed by atoms with Crippen molar-refractivity contribution in [2.24, 2.45) is 10.7 Å². The lowest BCUT2D eigenvalue weighted by Crippen LogP contribution is -1.94. The van der Waals surface area contributed by atoms with E-state index >= 15 is 0 Å². The van der Waals surface area contributed by atoms with E-state index in [1.54, 1.807) is 19.5 Å². The van der Waals surface area contributed by atoms with E-state index in [0.717, 1.165) is 15.6 Å². The second-order valence-corrected chi connectivity index (χ2v) is 4.23. The van der Waals surface area contributed by atoms with E-state index in [1.165, 1.54) is 11.1 Å². The molecule has 0 fully saturated rings. The van der Waals surface area contributed by atoms with E-state index < -0.39 is 0 Å². The number of hydrogen-bond acceptors (Lipinski definition) is 2. The Morgan fingerprint density at radius 2 is 1.87 bits per heavy atom. The summed E-state index contributed by atoms with van der Waals surface area (Å²) in [5.74, 6) is 0. The number of benzene rings is 1. The first-order chi connectivity index (χ1) is 7.10. The van der Waals surface area contributed by atoms with Crippen LogP contribution in [0.15, 0.2) is 27.8 Å². The highest BCUT2D eigenvalue weighted by Gasteiger charge is 2.04. The lowest BCUT2D eigenvalue weighted by molar-refractivity contribution is 1.33. The van der Waals surface area contributed by atoms with Gasteiger partial charge in [-0.3, -0.25) is 4.99 Å². The van der Waals surface area contributed by atoms with Gasteiger partial charge >= 0.3 is 0 Å². The third kappa shape index (κ3) is 2.69. The van der Waals surface area contributed by atoms with Crippen molar-refractivity contribution in [2.75, 3.05) is 7.05 Å². The Balaban J connectivity index is 3.27. The number of nitrogens with two attached hydrogens (primary N) is 1. The van der Waals surface area contributed by atoms with Gasteiger partial charge in [0.05, 0.1) is 0 Å². The number of rotatable bonds is 2. The molecule has 2 N–H and O–H groups in total. The van der Waals surface area contributed by atoms with Crippen LogP contribution in [-0.2, 0) is 0 Å². The molecule has 0 spiro atoms. The van der Waals surface area contributed by atoms with Gasteiger partial charge in [-0.2, -0.15) is 0 Å². The summed E-state index contributed by atoms with van der Waals surface area (Å²) in [6.07, 6.45) is 3.34. The van der Waals surface area contributed by atoms with Gasteiger partial charge in [0.1, 0.15) is 0 Å². The average molecular weight is 267 g/mol. The summed E-state index contributed by atoms with van der Waals surface area (Å²) in [6.45, 7) is 4.13. The minimum absolute atomic E-state index is 0.941. The predicted molar refractivity (Wildman–Crippen MR) is 70.2 cm³/mol. The second-order valence-electron chi connectivity index (χ2n) is 3.43. The predicted octanol–water partition coefficient (Wildman–Crippen LogP) is 3.07. The molecule has 15 heavy (non-hydrogen) atoms. The fourth-order valence-corrected chi connectivity index (χ4v) is 1.69. The smallest absolute Gasteiger partial charge is 0.0301 e. The summed E-state index contributed by atoms with van der Waals surface area (Å²) in [6, 6.07) is 4.19. The lowest BCUT2D eigenvalue weighted by Gasteiger charge is -2.08. The molecule has 0 atom stereocenters. The standard InChI is InChI=1S/C12H15BrN2/c1-8-4-10(5-9(2)12(8)13)11(6-14)7-15-3/h4-7H,14H2,1-3H3/b11-6+,15-7?. The highest BCUT2D eigenvalue weighted by Crippen LogP contribution is 2.25. The van der Waals surface area contributed by atoms with Crippen molar-refractivity contribution in [3.05, 3.63) is 39.5 Å². The minimum Gasteiger partial charge on any atom is -0.404 e. The summed E-state index contributed by atoms with van der Waals surface area (Å²) in [7, 11) is 1.74. The van der Waals surface area contributed by atoms with Crippen molar-refractivity contribution in [2.45, 2.75) is 13.8 Å². The highest BCUT2D eigenvalue weighted by molar-refractivity contribution is 9.10. The molecule has 0 heterocycles. The minimum atomic E-state index is 0.941. The van der Waals surface area contributed by atoms with Crippen LogP contribution >= 0.6 is 15.9 Å². The zero-order valence-corrected chi connectivity index (χ0v) is 10.8. The number of nitrogens with zero attached hydrogens (tertiary/aromatic N) is 1. The quantitative estimate of drug-likeness (QED) is 0.822. The van der Waals surface area contributed by atoms with Crippen molar-refractivity contribution in [3.8, 4) is 0 Å². The van der Waals surface area contributed by atoms with Crippen LogP contribution in [0, 0.1) is 13.8 Å². The SMILES string of the molecule is CN=C/C(=C\N)c1cc(C)c(Br)c(C)c1. The largest absolute Gasteiger partial charge is 0.404 e. The van der Waals surface area contributed by atoms with E-state index in [4.69, 9.17) is 5.73 Å². The molecule has 1 aromatic rings. The number of allylic oxidation sites excluding steroid dienone is 1. The Kier molecular flexibility index (Phi) is 4.09. The molecule has 0 saturated carbocycles. The van der Waals surface area contributed by atoms with Crippen molar-refractivity contribution in [1.29, 1.82) is 0 Å². The summed E-state index contributed by atoms with van der Waals surface area (Å²) in [4.78, 5) is 3.98. The van der Waals surface area contributed by atoms with Gasteiger partial charge in [-0.1, -0.05) is 28.1 Å². The Bertz CT molecular complexity index is 397. The van der Waals surface area contributed by atoms with Gasteiger partial charge in [0.15, 0.2) is 0 Å². The molecule has 0 bridgehead atoms. The van der Waals surface area contributed by atoms with Crippen LogP contribution in [-0.4, -0.2) is 13.3 Å². The molecule has 1 rings (SSSR count). The molecule has 0 aliphatic heterocycles. The topological polar surface area (TPSA) is 38.4 Å². The van der Waals surface area contributed by atoms with Gasteiger partial charge in [0.25, 0.3) is 0 Å². The van der Waals surface area contributed by atoms with E-state index in [9.17, 15) is 0 Å². The van der Waals surface area contributed by atoms with Crippen LogP contribution in [0.1, 0.15) is 16.7 Å². The van der Waals surface area contributed by atoms with Crippen LogP contribution < -0.4 is 5.73 Å². The zero-order valence-electron chi connectivity index (χ0n) is 9.21. The number of aryl methyl sites for hydroxylation is 2. The molecule has 3 heteroatoms. The van der Waals surface area contributed by atoms with Crippen molar-refractivity contribution in [3.63, 3.8) is 0 Å². The molecule has 0 amide bonds. The number of hydrogen-bond donors (Lipinski definition) is 1. The van der Waals surface area contributed by atoms with Crippen LogP contribution in [0.5, 0.6) is 0 Å². The van der Waals surface area contributed by atoms with Crippen LogP contribution in [0.4, 0.5) is 0 Å². The maximum Gasteiger partial charge on any atom is 0.0301 e. The monoisotopic (exact) mass is 266 g/mol. The van der Waals surface area contributed by atoms with Gasteiger partial charge < -0.3 is 5.73 Å². The number of halogens is 1. The molecule has 0 aromatic heterocycles. The van der Waals surface area contributed by atoms with Gasteiger partial charge in [-0.05, 0) is 30.5 Å². The molecule has 0 aliphatic rings. The summed E-state index contributed by atoms with van der Waals surface area (Å²) < 4.78 is 1.15. The Morgan fingerprint density at radius 3 is 2.27 bits per heavy atom. The third-order valence-electron chi connectivity index (χ3n) is 2.22. The summed E-state index contributed by atoms with van der Waals surface area (Å²) in [5.41, 5.74) is 10.0. The Hall–Kier alpha value is -1.09. The molecule has 0 unspecified atom stereocenters. The first-order valence-corrected chi connectivity index (χ1v) is 5.50. The van der Waals surface area contributed by atoms with E-state index in [-0.39, 0.29) is 0 Å². The van der Waals surface area contributed by atoms with Crippen molar-refractivity contribution >= 4 is 27.7 Å². The average Bonchev–Trinajstić information content (AvgIpc) is 2.22. The molecule has 0 saturated heterocycles. The highest BCUT2D eigenvalue weighted by atomic mass is 79.9. The van der Waals surface area contributed by atoms with Gasteiger partial charge in [0.2, 0.25) is 0 Å². The van der Waals surface area contributed by atoms with E-state index in [0.29, 0.717) is 0 Å². The van der Waals surface area contributed by atoms with Crippen LogP contribution in [0.2, 0.25) is 0 Å². The molecule has 0 aliphatic carbocycles. The molecular weight excluding hydrogens is 252 g/mol. The Morgan fingerprint density at radius 1 is 1.33 bits per heavy atom. The molecule has 0 radical (unpaired) electrons. The summed E-state index contributed by atoms with van der Waals surface area (Å²) >= 11 is 3.54. The molecule has 1 aromatic carbocycles. The molecule has 80 valence electrons. The lowest BCUT2D eigenvalue weighted by atomic mass is 10.0. The molecular formula is C12H15BrN2.